The van der Waals surface area contributed by atoms with Crippen molar-refractivity contribution in [3.63, 3.8) is 0 Å². The number of aromatic carboxylic acids is 1. The van der Waals surface area contributed by atoms with Crippen LogP contribution in [0, 0.1) is 6.92 Å². The minimum atomic E-state index is -1.02. The molecule has 2 aromatic carbocycles. The predicted molar refractivity (Wildman–Crippen MR) is 88.3 cm³/mol. The first-order valence-corrected chi connectivity index (χ1v) is 7.31. The van der Waals surface area contributed by atoms with Crippen LogP contribution in [0.1, 0.15) is 22.8 Å². The van der Waals surface area contributed by atoms with Gasteiger partial charge in [-0.25, -0.2) is 4.79 Å². The van der Waals surface area contributed by atoms with E-state index in [1.165, 1.54) is 24.3 Å². The number of rotatable bonds is 5. The third-order valence-electron chi connectivity index (χ3n) is 3.21. The van der Waals surface area contributed by atoms with E-state index in [4.69, 9.17) is 21.4 Å². The molecule has 0 aliphatic rings. The van der Waals surface area contributed by atoms with Crippen molar-refractivity contribution < 1.29 is 19.4 Å². The van der Waals surface area contributed by atoms with Gasteiger partial charge < -0.3 is 15.2 Å². The number of carboxylic acids is 1. The van der Waals surface area contributed by atoms with Crippen LogP contribution in [0.5, 0.6) is 5.75 Å². The van der Waals surface area contributed by atoms with Gasteiger partial charge in [0.2, 0.25) is 0 Å². The normalized spacial score (nSPS) is 11.6. The lowest BCUT2D eigenvalue weighted by atomic mass is 10.2. The smallest absolute Gasteiger partial charge is 0.335 e. The average molecular weight is 334 g/mol. The first-order valence-electron chi connectivity index (χ1n) is 6.94. The second-order valence-electron chi connectivity index (χ2n) is 5.04. The number of ether oxygens (including phenoxy) is 1. The van der Waals surface area contributed by atoms with Crippen molar-refractivity contribution in [2.24, 2.45) is 0 Å². The molecule has 0 aromatic heterocycles. The topological polar surface area (TPSA) is 75.6 Å². The molecule has 0 saturated carbocycles. The second-order valence-corrected chi connectivity index (χ2v) is 5.45. The van der Waals surface area contributed by atoms with Gasteiger partial charge in [-0.15, -0.1) is 0 Å². The molecule has 1 atom stereocenters. The Kier molecular flexibility index (Phi) is 5.24. The Morgan fingerprint density at radius 1 is 1.17 bits per heavy atom. The molecule has 0 bridgehead atoms. The van der Waals surface area contributed by atoms with Gasteiger partial charge in [0.15, 0.2) is 6.10 Å². The highest BCUT2D eigenvalue weighted by molar-refractivity contribution is 6.31. The molecule has 0 radical (unpaired) electrons. The lowest BCUT2D eigenvalue weighted by molar-refractivity contribution is -0.122. The van der Waals surface area contributed by atoms with Crippen LogP contribution >= 0.6 is 11.6 Å². The summed E-state index contributed by atoms with van der Waals surface area (Å²) in [6.07, 6.45) is -0.713. The molecule has 0 heterocycles. The maximum atomic E-state index is 12.1. The fraction of sp³-hybridized carbons (Fsp3) is 0.176. The number of carbonyl (C=O) groups excluding carboxylic acids is 1. The number of benzene rings is 2. The lowest BCUT2D eigenvalue weighted by Crippen LogP contribution is -2.30. The van der Waals surface area contributed by atoms with Crippen LogP contribution in [0.15, 0.2) is 42.5 Å². The SMILES string of the molecule is Cc1cc(OC(C)C(=O)Nc2ccc(C(=O)O)cc2)ccc1Cl. The zero-order valence-corrected chi connectivity index (χ0v) is 13.4. The summed E-state index contributed by atoms with van der Waals surface area (Å²) >= 11 is 5.95. The zero-order valence-electron chi connectivity index (χ0n) is 12.7. The standard InChI is InChI=1S/C17H16ClNO4/c1-10-9-14(7-8-15(10)18)23-11(2)16(20)19-13-5-3-12(4-6-13)17(21)22/h3-9,11H,1-2H3,(H,19,20)(H,21,22). The van der Waals surface area contributed by atoms with Gasteiger partial charge in [0.1, 0.15) is 5.75 Å². The Labute approximate surface area is 138 Å². The van der Waals surface area contributed by atoms with Crippen molar-refractivity contribution in [3.05, 3.63) is 58.6 Å². The number of carboxylic acid groups (broad SMARTS) is 1. The third kappa shape index (κ3) is 4.47. The summed E-state index contributed by atoms with van der Waals surface area (Å²) in [7, 11) is 0. The van der Waals surface area contributed by atoms with Crippen LogP contribution in [0.2, 0.25) is 5.02 Å². The number of aryl methyl sites for hydroxylation is 1. The molecular formula is C17H16ClNO4. The first-order chi connectivity index (χ1) is 10.9. The van der Waals surface area contributed by atoms with E-state index in [1.807, 2.05) is 6.92 Å². The molecule has 6 heteroatoms. The molecule has 23 heavy (non-hydrogen) atoms. The summed E-state index contributed by atoms with van der Waals surface area (Å²) in [5, 5.41) is 12.1. The van der Waals surface area contributed by atoms with Crippen LogP contribution in [0.25, 0.3) is 0 Å². The number of hydrogen-bond donors (Lipinski definition) is 2. The molecule has 2 rings (SSSR count). The summed E-state index contributed by atoms with van der Waals surface area (Å²) in [5.74, 6) is -0.797. The fourth-order valence-electron chi connectivity index (χ4n) is 1.89. The van der Waals surface area contributed by atoms with Crippen molar-refractivity contribution in [1.29, 1.82) is 0 Å². The third-order valence-corrected chi connectivity index (χ3v) is 3.63. The van der Waals surface area contributed by atoms with Crippen LogP contribution < -0.4 is 10.1 Å². The maximum absolute atomic E-state index is 12.1. The van der Waals surface area contributed by atoms with Gasteiger partial charge in [-0.3, -0.25) is 4.79 Å². The Morgan fingerprint density at radius 2 is 1.83 bits per heavy atom. The minimum Gasteiger partial charge on any atom is -0.481 e. The van der Waals surface area contributed by atoms with Crippen LogP contribution in [0.3, 0.4) is 0 Å². The van der Waals surface area contributed by atoms with E-state index in [2.05, 4.69) is 5.32 Å². The van der Waals surface area contributed by atoms with Crippen LogP contribution in [-0.4, -0.2) is 23.1 Å². The van der Waals surface area contributed by atoms with E-state index in [-0.39, 0.29) is 11.5 Å². The molecule has 1 unspecified atom stereocenters. The lowest BCUT2D eigenvalue weighted by Gasteiger charge is -2.15. The van der Waals surface area contributed by atoms with Gasteiger partial charge in [0.25, 0.3) is 5.91 Å². The number of hydrogen-bond acceptors (Lipinski definition) is 3. The van der Waals surface area contributed by atoms with E-state index in [0.29, 0.717) is 16.5 Å². The Hall–Kier alpha value is -2.53. The molecule has 0 aliphatic carbocycles. The van der Waals surface area contributed by atoms with Gasteiger partial charge in [-0.05, 0) is 61.9 Å². The van der Waals surface area contributed by atoms with E-state index < -0.39 is 12.1 Å². The maximum Gasteiger partial charge on any atom is 0.335 e. The molecule has 0 aliphatic heterocycles. The van der Waals surface area contributed by atoms with Gasteiger partial charge in [-0.1, -0.05) is 11.6 Å². The molecule has 2 N–H and O–H groups in total. The molecule has 0 spiro atoms. The molecule has 2 aromatic rings. The van der Waals surface area contributed by atoms with E-state index >= 15 is 0 Å². The van der Waals surface area contributed by atoms with Crippen molar-refractivity contribution in [1.82, 2.24) is 0 Å². The molecule has 120 valence electrons. The molecule has 1 amide bonds. The second kappa shape index (κ2) is 7.15. The van der Waals surface area contributed by atoms with Gasteiger partial charge in [0.05, 0.1) is 5.56 Å². The van der Waals surface area contributed by atoms with Crippen LogP contribution in [0.4, 0.5) is 5.69 Å². The van der Waals surface area contributed by atoms with E-state index in [0.717, 1.165) is 5.56 Å². The van der Waals surface area contributed by atoms with Crippen molar-refractivity contribution in [2.75, 3.05) is 5.32 Å². The number of amides is 1. The molecule has 0 saturated heterocycles. The van der Waals surface area contributed by atoms with E-state index in [9.17, 15) is 9.59 Å². The van der Waals surface area contributed by atoms with Crippen molar-refractivity contribution in [3.8, 4) is 5.75 Å². The Bertz CT molecular complexity index is 728. The highest BCUT2D eigenvalue weighted by Crippen LogP contribution is 2.22. The number of anilines is 1. The fourth-order valence-corrected chi connectivity index (χ4v) is 2.01. The summed E-state index contributed by atoms with van der Waals surface area (Å²) < 4.78 is 5.58. The van der Waals surface area contributed by atoms with Crippen molar-refractivity contribution in [2.45, 2.75) is 20.0 Å². The Morgan fingerprint density at radius 3 is 2.39 bits per heavy atom. The van der Waals surface area contributed by atoms with Gasteiger partial charge in [0, 0.05) is 10.7 Å². The summed E-state index contributed by atoms with van der Waals surface area (Å²) in [5.41, 5.74) is 1.52. The molecule has 0 fully saturated rings. The number of nitrogens with one attached hydrogen (secondary N) is 1. The summed E-state index contributed by atoms with van der Waals surface area (Å²) in [6.45, 7) is 3.48. The largest absolute Gasteiger partial charge is 0.481 e. The average Bonchev–Trinajstić information content (AvgIpc) is 2.51. The first kappa shape index (κ1) is 16.8. The highest BCUT2D eigenvalue weighted by Gasteiger charge is 2.15. The predicted octanol–water partition coefficient (Wildman–Crippen LogP) is 3.75. The zero-order chi connectivity index (χ0) is 17.0. The summed E-state index contributed by atoms with van der Waals surface area (Å²) in [4.78, 5) is 22.9. The monoisotopic (exact) mass is 333 g/mol. The Balaban J connectivity index is 1.99. The number of halogens is 1. The van der Waals surface area contributed by atoms with Crippen molar-refractivity contribution >= 4 is 29.2 Å². The van der Waals surface area contributed by atoms with Crippen LogP contribution in [-0.2, 0) is 4.79 Å². The molecule has 5 nitrogen and oxygen atoms in total. The number of carbonyl (C=O) groups is 2. The molecular weight excluding hydrogens is 318 g/mol. The quantitative estimate of drug-likeness (QED) is 0.873. The van der Waals surface area contributed by atoms with Gasteiger partial charge >= 0.3 is 5.97 Å². The summed E-state index contributed by atoms with van der Waals surface area (Å²) in [6, 6.07) is 11.1. The van der Waals surface area contributed by atoms with Gasteiger partial charge in [-0.2, -0.15) is 0 Å². The highest BCUT2D eigenvalue weighted by atomic mass is 35.5. The van der Waals surface area contributed by atoms with E-state index in [1.54, 1.807) is 25.1 Å². The minimum absolute atomic E-state index is 0.156.